The Kier molecular flexibility index (Phi) is 1.76. The van der Waals surface area contributed by atoms with Gasteiger partial charge in [0.2, 0.25) is 0 Å². The van der Waals surface area contributed by atoms with Gasteiger partial charge in [0.25, 0.3) is 0 Å². The molecule has 84 valence electrons. The molecule has 0 saturated heterocycles. The Balaban J connectivity index is 2.32. The zero-order valence-electron chi connectivity index (χ0n) is 9.68. The summed E-state index contributed by atoms with van der Waals surface area (Å²) in [6.45, 7) is 0. The van der Waals surface area contributed by atoms with E-state index in [9.17, 15) is 4.79 Å². The summed E-state index contributed by atoms with van der Waals surface area (Å²) in [5.41, 5.74) is 1.89. The standard InChI is InChI=1S/C17H10O/c18-15-7-3-5-12-10-13-9-8-11-4-1-2-6-14(11)16(13)17(12)15/h1-10H. The quantitative estimate of drug-likeness (QED) is 0.675. The molecule has 0 unspecified atom stereocenters. The maximum absolute atomic E-state index is 12.1. The SMILES string of the molecule is O=C1C=CC=C2C=c3ccc4ccccc4c3=C12. The van der Waals surface area contributed by atoms with Crippen molar-refractivity contribution >= 4 is 28.2 Å². The average Bonchev–Trinajstić information content (AvgIpc) is 2.79. The molecule has 0 atom stereocenters. The maximum Gasteiger partial charge on any atom is 0.187 e. The van der Waals surface area contributed by atoms with Gasteiger partial charge in [0, 0.05) is 10.8 Å². The molecule has 1 heteroatoms. The molecule has 0 spiro atoms. The van der Waals surface area contributed by atoms with Crippen molar-refractivity contribution < 1.29 is 4.79 Å². The van der Waals surface area contributed by atoms with Crippen molar-refractivity contribution in [2.45, 2.75) is 0 Å². The number of ketones is 1. The summed E-state index contributed by atoms with van der Waals surface area (Å²) in [7, 11) is 0. The van der Waals surface area contributed by atoms with Crippen LogP contribution in [-0.4, -0.2) is 5.78 Å². The Bertz CT molecular complexity index is 879. The zero-order valence-corrected chi connectivity index (χ0v) is 9.68. The van der Waals surface area contributed by atoms with Crippen LogP contribution >= 0.6 is 0 Å². The highest BCUT2D eigenvalue weighted by Gasteiger charge is 2.19. The second-order valence-electron chi connectivity index (χ2n) is 4.62. The third-order valence-electron chi connectivity index (χ3n) is 3.58. The van der Waals surface area contributed by atoms with E-state index in [0.29, 0.717) is 0 Å². The van der Waals surface area contributed by atoms with Gasteiger partial charge in [0.15, 0.2) is 5.78 Å². The summed E-state index contributed by atoms with van der Waals surface area (Å²) in [5.74, 6) is 0.110. The van der Waals surface area contributed by atoms with Gasteiger partial charge in [-0.1, -0.05) is 48.6 Å². The number of fused-ring (bicyclic) bond motifs is 4. The summed E-state index contributed by atoms with van der Waals surface area (Å²) in [6, 6.07) is 12.4. The minimum Gasteiger partial charge on any atom is -0.289 e. The molecule has 18 heavy (non-hydrogen) atoms. The van der Waals surface area contributed by atoms with Gasteiger partial charge >= 0.3 is 0 Å². The maximum atomic E-state index is 12.1. The molecular weight excluding hydrogens is 220 g/mol. The molecule has 1 nitrogen and oxygen atoms in total. The Hall–Kier alpha value is -2.41. The normalized spacial score (nSPS) is 16.3. The molecule has 2 aliphatic carbocycles. The molecule has 0 heterocycles. The lowest BCUT2D eigenvalue weighted by Gasteiger charge is -2.05. The van der Waals surface area contributed by atoms with Gasteiger partial charge in [0.05, 0.1) is 0 Å². The number of carbonyl (C=O) groups is 1. The van der Waals surface area contributed by atoms with Gasteiger partial charge < -0.3 is 0 Å². The molecule has 0 N–H and O–H groups in total. The minimum atomic E-state index is 0.110. The van der Waals surface area contributed by atoms with Crippen molar-refractivity contribution in [3.8, 4) is 0 Å². The fourth-order valence-corrected chi connectivity index (χ4v) is 2.79. The van der Waals surface area contributed by atoms with Crippen LogP contribution in [0.4, 0.5) is 0 Å². The number of benzene rings is 2. The lowest BCUT2D eigenvalue weighted by atomic mass is 9.97. The largest absolute Gasteiger partial charge is 0.289 e. The first-order chi connectivity index (χ1) is 8.84. The molecule has 0 aromatic heterocycles. The highest BCUT2D eigenvalue weighted by molar-refractivity contribution is 6.30. The fourth-order valence-electron chi connectivity index (χ4n) is 2.79. The van der Waals surface area contributed by atoms with E-state index >= 15 is 0 Å². The van der Waals surface area contributed by atoms with Gasteiger partial charge in [-0.3, -0.25) is 4.79 Å². The summed E-state index contributed by atoms with van der Waals surface area (Å²) >= 11 is 0. The summed E-state index contributed by atoms with van der Waals surface area (Å²) in [4.78, 5) is 12.1. The lowest BCUT2D eigenvalue weighted by molar-refractivity contribution is -0.109. The van der Waals surface area contributed by atoms with Crippen molar-refractivity contribution in [2.75, 3.05) is 0 Å². The topological polar surface area (TPSA) is 17.1 Å². The third-order valence-corrected chi connectivity index (χ3v) is 3.58. The van der Waals surface area contributed by atoms with E-state index in [0.717, 1.165) is 27.0 Å². The molecule has 0 radical (unpaired) electrons. The number of carbonyl (C=O) groups excluding carboxylic acids is 1. The van der Waals surface area contributed by atoms with Gasteiger partial charge in [0.1, 0.15) is 0 Å². The van der Waals surface area contributed by atoms with Crippen LogP contribution in [0.15, 0.2) is 60.2 Å². The van der Waals surface area contributed by atoms with Crippen molar-refractivity contribution in [1.82, 2.24) is 0 Å². The van der Waals surface area contributed by atoms with Gasteiger partial charge in [-0.05, 0) is 33.7 Å². The van der Waals surface area contributed by atoms with Crippen LogP contribution in [-0.2, 0) is 4.79 Å². The number of allylic oxidation sites excluding steroid dienone is 4. The highest BCUT2D eigenvalue weighted by Crippen LogP contribution is 2.22. The Morgan fingerprint density at radius 2 is 1.83 bits per heavy atom. The van der Waals surface area contributed by atoms with E-state index in [-0.39, 0.29) is 5.78 Å². The van der Waals surface area contributed by atoms with Crippen LogP contribution in [0.3, 0.4) is 0 Å². The molecule has 2 aromatic carbocycles. The summed E-state index contributed by atoms with van der Waals surface area (Å²) in [6.07, 6.45) is 7.57. The van der Waals surface area contributed by atoms with Gasteiger partial charge in [-0.2, -0.15) is 0 Å². The Labute approximate surface area is 104 Å². The Morgan fingerprint density at radius 3 is 2.78 bits per heavy atom. The van der Waals surface area contributed by atoms with E-state index in [2.05, 4.69) is 30.3 Å². The molecule has 0 amide bonds. The summed E-state index contributed by atoms with van der Waals surface area (Å²) < 4.78 is 0. The molecule has 0 saturated carbocycles. The lowest BCUT2D eigenvalue weighted by Crippen LogP contribution is -2.25. The first-order valence-electron chi connectivity index (χ1n) is 6.01. The number of hydrogen-bond donors (Lipinski definition) is 0. The van der Waals surface area contributed by atoms with E-state index < -0.39 is 0 Å². The smallest absolute Gasteiger partial charge is 0.187 e. The first kappa shape index (κ1) is 9.60. The first-order valence-corrected chi connectivity index (χ1v) is 6.01. The minimum absolute atomic E-state index is 0.110. The van der Waals surface area contributed by atoms with Crippen molar-refractivity contribution in [1.29, 1.82) is 0 Å². The van der Waals surface area contributed by atoms with Crippen molar-refractivity contribution in [3.05, 3.63) is 70.6 Å². The van der Waals surface area contributed by atoms with Crippen LogP contribution < -0.4 is 10.4 Å². The molecule has 2 aliphatic rings. The van der Waals surface area contributed by atoms with E-state index in [1.165, 1.54) is 5.39 Å². The third kappa shape index (κ3) is 1.13. The van der Waals surface area contributed by atoms with Crippen molar-refractivity contribution in [2.24, 2.45) is 0 Å². The molecular formula is C17H10O. The van der Waals surface area contributed by atoms with Gasteiger partial charge in [-0.25, -0.2) is 0 Å². The second-order valence-corrected chi connectivity index (χ2v) is 4.62. The van der Waals surface area contributed by atoms with Crippen LogP contribution in [0.2, 0.25) is 0 Å². The zero-order chi connectivity index (χ0) is 12.1. The van der Waals surface area contributed by atoms with Crippen LogP contribution in [0.5, 0.6) is 0 Å². The van der Waals surface area contributed by atoms with E-state index in [1.807, 2.05) is 24.3 Å². The Morgan fingerprint density at radius 1 is 0.944 bits per heavy atom. The van der Waals surface area contributed by atoms with Crippen LogP contribution in [0.1, 0.15) is 0 Å². The van der Waals surface area contributed by atoms with Crippen molar-refractivity contribution in [3.63, 3.8) is 0 Å². The molecule has 0 bridgehead atoms. The number of rotatable bonds is 0. The molecule has 0 aliphatic heterocycles. The fraction of sp³-hybridized carbons (Fsp3) is 0. The van der Waals surface area contributed by atoms with Gasteiger partial charge in [-0.15, -0.1) is 0 Å². The number of hydrogen-bond acceptors (Lipinski definition) is 1. The molecule has 2 aromatic rings. The van der Waals surface area contributed by atoms with Crippen LogP contribution in [0, 0.1) is 0 Å². The predicted octanol–water partition coefficient (Wildman–Crippen LogP) is 1.85. The summed E-state index contributed by atoms with van der Waals surface area (Å²) in [5, 5.41) is 4.58. The van der Waals surface area contributed by atoms with E-state index in [4.69, 9.17) is 0 Å². The molecule has 4 rings (SSSR count). The van der Waals surface area contributed by atoms with Crippen LogP contribution in [0.25, 0.3) is 22.4 Å². The highest BCUT2D eigenvalue weighted by atomic mass is 16.1. The second kappa shape index (κ2) is 3.30. The average molecular weight is 230 g/mol. The molecule has 0 fully saturated rings. The monoisotopic (exact) mass is 230 g/mol. The van der Waals surface area contributed by atoms with E-state index in [1.54, 1.807) is 6.08 Å². The predicted molar refractivity (Wildman–Crippen MR) is 73.3 cm³/mol.